The zero-order chi connectivity index (χ0) is 19.2. The molecule has 0 saturated heterocycles. The van der Waals surface area contributed by atoms with E-state index in [2.05, 4.69) is 43.7 Å². The predicted molar refractivity (Wildman–Crippen MR) is 102 cm³/mol. The summed E-state index contributed by atoms with van der Waals surface area (Å²) in [5, 5.41) is 5.65. The van der Waals surface area contributed by atoms with Crippen molar-refractivity contribution in [3.8, 4) is 0 Å². The molecule has 4 N–H and O–H groups in total. The van der Waals surface area contributed by atoms with E-state index in [1.54, 1.807) is 18.3 Å². The number of hydrogen-bond donors (Lipinski definition) is 3. The third-order valence-corrected chi connectivity index (χ3v) is 6.57. The third kappa shape index (κ3) is 3.16. The summed E-state index contributed by atoms with van der Waals surface area (Å²) in [4.78, 5) is 41.0. The third-order valence-electron chi connectivity index (χ3n) is 6.10. The molecule has 3 amide bonds. The van der Waals surface area contributed by atoms with Crippen molar-refractivity contribution in [2.45, 2.75) is 19.3 Å². The van der Waals surface area contributed by atoms with Crippen LogP contribution in [-0.4, -0.2) is 29.3 Å². The maximum Gasteiger partial charge on any atom is 0.230 e. The molecule has 1 aromatic rings. The van der Waals surface area contributed by atoms with Gasteiger partial charge < -0.3 is 16.4 Å². The highest BCUT2D eigenvalue weighted by Gasteiger charge is 2.69. The SMILES string of the molecule is NC(=O)CCNC(=O)[C@H]1[C@H](C(=O)Nc2ccc(Br)cn2)[C@@H]2C=C[C@H]1C21CC1. The number of allylic oxidation sites excluding steroid dienone is 2. The molecule has 1 spiro atoms. The van der Waals surface area contributed by atoms with E-state index >= 15 is 0 Å². The van der Waals surface area contributed by atoms with Gasteiger partial charge in [-0.05, 0) is 58.2 Å². The van der Waals surface area contributed by atoms with E-state index in [4.69, 9.17) is 5.73 Å². The first kappa shape index (κ1) is 18.2. The van der Waals surface area contributed by atoms with Gasteiger partial charge in [-0.2, -0.15) is 0 Å². The molecule has 2 bridgehead atoms. The van der Waals surface area contributed by atoms with Gasteiger partial charge in [0, 0.05) is 23.6 Å². The summed E-state index contributed by atoms with van der Waals surface area (Å²) >= 11 is 3.32. The number of carbonyl (C=O) groups is 3. The van der Waals surface area contributed by atoms with Crippen LogP contribution in [0, 0.1) is 29.1 Å². The minimum Gasteiger partial charge on any atom is -0.370 e. The summed E-state index contributed by atoms with van der Waals surface area (Å²) in [6.07, 6.45) is 7.99. The Bertz CT molecular complexity index is 819. The van der Waals surface area contributed by atoms with Crippen LogP contribution in [0.3, 0.4) is 0 Å². The molecule has 8 heteroatoms. The molecule has 4 atom stereocenters. The summed E-state index contributed by atoms with van der Waals surface area (Å²) in [6, 6.07) is 3.53. The molecule has 3 aliphatic carbocycles. The van der Waals surface area contributed by atoms with Crippen molar-refractivity contribution in [1.82, 2.24) is 10.3 Å². The van der Waals surface area contributed by atoms with Crippen LogP contribution in [-0.2, 0) is 14.4 Å². The van der Waals surface area contributed by atoms with Gasteiger partial charge in [-0.25, -0.2) is 4.98 Å². The Hall–Kier alpha value is -2.22. The van der Waals surface area contributed by atoms with E-state index in [1.807, 2.05) is 0 Å². The minimum absolute atomic E-state index is 0.0564. The van der Waals surface area contributed by atoms with Crippen molar-refractivity contribution in [3.05, 3.63) is 35.0 Å². The fraction of sp³-hybridized carbons (Fsp3) is 0.474. The van der Waals surface area contributed by atoms with Gasteiger partial charge in [-0.1, -0.05) is 12.2 Å². The van der Waals surface area contributed by atoms with Gasteiger partial charge >= 0.3 is 0 Å². The van der Waals surface area contributed by atoms with E-state index in [0.29, 0.717) is 5.82 Å². The molecule has 7 nitrogen and oxygen atoms in total. The van der Waals surface area contributed by atoms with Crippen LogP contribution in [0.25, 0.3) is 0 Å². The Morgan fingerprint density at radius 3 is 2.37 bits per heavy atom. The zero-order valence-electron chi connectivity index (χ0n) is 14.7. The lowest BCUT2D eigenvalue weighted by Gasteiger charge is -2.26. The van der Waals surface area contributed by atoms with Crippen LogP contribution in [0.4, 0.5) is 5.82 Å². The highest BCUT2D eigenvalue weighted by molar-refractivity contribution is 9.10. The fourth-order valence-corrected chi connectivity index (χ4v) is 5.03. The lowest BCUT2D eigenvalue weighted by Crippen LogP contribution is -2.42. The monoisotopic (exact) mass is 432 g/mol. The van der Waals surface area contributed by atoms with Crippen molar-refractivity contribution in [3.63, 3.8) is 0 Å². The Kier molecular flexibility index (Phi) is 4.53. The van der Waals surface area contributed by atoms with Crippen molar-refractivity contribution >= 4 is 39.5 Å². The van der Waals surface area contributed by atoms with Crippen molar-refractivity contribution in [2.24, 2.45) is 34.8 Å². The molecule has 142 valence electrons. The number of nitrogens with two attached hydrogens (primary N) is 1. The van der Waals surface area contributed by atoms with Crippen LogP contribution >= 0.6 is 15.9 Å². The molecule has 3 aliphatic rings. The second kappa shape index (κ2) is 6.74. The van der Waals surface area contributed by atoms with Crippen LogP contribution in [0.2, 0.25) is 0 Å². The maximum atomic E-state index is 13.1. The summed E-state index contributed by atoms with van der Waals surface area (Å²) in [7, 11) is 0. The number of halogens is 1. The van der Waals surface area contributed by atoms with Crippen LogP contribution in [0.5, 0.6) is 0 Å². The Morgan fingerprint density at radius 2 is 1.81 bits per heavy atom. The van der Waals surface area contributed by atoms with Gasteiger partial charge in [-0.3, -0.25) is 14.4 Å². The smallest absolute Gasteiger partial charge is 0.230 e. The molecule has 0 aliphatic heterocycles. The predicted octanol–water partition coefficient (Wildman–Crippen LogP) is 1.60. The quantitative estimate of drug-likeness (QED) is 0.592. The number of amides is 3. The van der Waals surface area contributed by atoms with E-state index in [-0.39, 0.29) is 42.0 Å². The van der Waals surface area contributed by atoms with Gasteiger partial charge in [-0.15, -0.1) is 0 Å². The van der Waals surface area contributed by atoms with Gasteiger partial charge in [0.25, 0.3) is 0 Å². The Balaban J connectivity index is 1.52. The first-order valence-electron chi connectivity index (χ1n) is 9.09. The molecule has 0 aromatic carbocycles. The largest absolute Gasteiger partial charge is 0.370 e. The van der Waals surface area contributed by atoms with Crippen molar-refractivity contribution in [2.75, 3.05) is 11.9 Å². The molecule has 0 radical (unpaired) electrons. The second-order valence-electron chi connectivity index (χ2n) is 7.58. The van der Waals surface area contributed by atoms with Crippen LogP contribution in [0.15, 0.2) is 35.0 Å². The highest BCUT2D eigenvalue weighted by Crippen LogP contribution is 2.72. The van der Waals surface area contributed by atoms with Gasteiger partial charge in [0.15, 0.2) is 0 Å². The van der Waals surface area contributed by atoms with Gasteiger partial charge in [0.1, 0.15) is 5.82 Å². The molecule has 1 aromatic heterocycles. The molecule has 1 heterocycles. The number of pyridine rings is 1. The lowest BCUT2D eigenvalue weighted by atomic mass is 9.81. The number of primary amides is 1. The van der Waals surface area contributed by atoms with Gasteiger partial charge in [0.2, 0.25) is 17.7 Å². The molecule has 27 heavy (non-hydrogen) atoms. The number of carbonyl (C=O) groups excluding carboxylic acids is 3. The molecular weight excluding hydrogens is 412 g/mol. The van der Waals surface area contributed by atoms with E-state index in [9.17, 15) is 14.4 Å². The summed E-state index contributed by atoms with van der Waals surface area (Å²) in [5.74, 6) is -1.06. The standard InChI is InChI=1S/C19H21BrN4O3/c20-10-1-4-14(23-9-10)24-18(27)16-12-3-2-11(19(12)6-7-19)15(16)17(26)22-8-5-13(21)25/h1-4,9,11-12,15-16H,5-8H2,(H2,21,25)(H,22,26)(H,23,24,27)/t11-,12+,15-,16-/m1/s1. The van der Waals surface area contributed by atoms with Crippen molar-refractivity contribution in [1.29, 1.82) is 0 Å². The Labute approximate surface area is 165 Å². The number of anilines is 1. The second-order valence-corrected chi connectivity index (χ2v) is 8.50. The van der Waals surface area contributed by atoms with Gasteiger partial charge in [0.05, 0.1) is 11.8 Å². The number of nitrogens with one attached hydrogen (secondary N) is 2. The first-order chi connectivity index (χ1) is 12.9. The maximum absolute atomic E-state index is 13.1. The van der Waals surface area contributed by atoms with Crippen LogP contribution < -0.4 is 16.4 Å². The summed E-state index contributed by atoms with van der Waals surface area (Å²) in [6.45, 7) is 0.196. The average Bonchev–Trinajstić information content (AvgIpc) is 3.29. The van der Waals surface area contributed by atoms with Crippen molar-refractivity contribution < 1.29 is 14.4 Å². The number of rotatable bonds is 6. The number of aromatic nitrogens is 1. The van der Waals surface area contributed by atoms with E-state index < -0.39 is 17.7 Å². The summed E-state index contributed by atoms with van der Waals surface area (Å²) < 4.78 is 0.826. The summed E-state index contributed by atoms with van der Waals surface area (Å²) in [5.41, 5.74) is 5.20. The number of nitrogens with zero attached hydrogens (tertiary/aromatic N) is 1. The van der Waals surface area contributed by atoms with E-state index in [1.165, 1.54) is 0 Å². The topological polar surface area (TPSA) is 114 Å². The molecule has 2 fully saturated rings. The molecule has 4 rings (SSSR count). The zero-order valence-corrected chi connectivity index (χ0v) is 16.2. The molecule has 2 saturated carbocycles. The lowest BCUT2D eigenvalue weighted by molar-refractivity contribution is -0.133. The van der Waals surface area contributed by atoms with E-state index in [0.717, 1.165) is 17.3 Å². The average molecular weight is 433 g/mol. The normalized spacial score (nSPS) is 28.9. The molecular formula is C19H21BrN4O3. The van der Waals surface area contributed by atoms with Crippen LogP contribution in [0.1, 0.15) is 19.3 Å². The fourth-order valence-electron chi connectivity index (χ4n) is 4.80. The molecule has 0 unspecified atom stereocenters. The minimum atomic E-state index is -0.461. The Morgan fingerprint density at radius 1 is 1.15 bits per heavy atom. The number of hydrogen-bond acceptors (Lipinski definition) is 4. The first-order valence-corrected chi connectivity index (χ1v) is 9.88. The highest BCUT2D eigenvalue weighted by atomic mass is 79.9.